The molecule has 3 nitrogen and oxygen atoms in total. The number of anilines is 2. The van der Waals surface area contributed by atoms with Gasteiger partial charge in [-0.1, -0.05) is 23.2 Å². The van der Waals surface area contributed by atoms with E-state index in [1.54, 1.807) is 30.3 Å². The highest BCUT2D eigenvalue weighted by molar-refractivity contribution is 6.36. The van der Waals surface area contributed by atoms with Crippen LogP contribution in [0.4, 0.5) is 15.8 Å². The third-order valence-corrected chi connectivity index (χ3v) is 3.28. The summed E-state index contributed by atoms with van der Waals surface area (Å²) in [6, 6.07) is 10.8. The minimum Gasteiger partial charge on any atom is -0.385 e. The van der Waals surface area contributed by atoms with Crippen LogP contribution in [0.3, 0.4) is 0 Å². The Kier molecular flexibility index (Phi) is 5.42. The van der Waals surface area contributed by atoms with Crippen molar-refractivity contribution in [2.45, 2.75) is 6.42 Å². The van der Waals surface area contributed by atoms with Crippen LogP contribution in [0.2, 0.25) is 10.0 Å². The van der Waals surface area contributed by atoms with E-state index in [1.807, 2.05) is 0 Å². The van der Waals surface area contributed by atoms with Crippen LogP contribution in [0.1, 0.15) is 6.42 Å². The predicted molar refractivity (Wildman–Crippen MR) is 84.6 cm³/mol. The molecule has 21 heavy (non-hydrogen) atoms. The van der Waals surface area contributed by atoms with Crippen molar-refractivity contribution in [1.29, 1.82) is 0 Å². The van der Waals surface area contributed by atoms with Gasteiger partial charge < -0.3 is 10.6 Å². The van der Waals surface area contributed by atoms with Crippen molar-refractivity contribution in [1.82, 2.24) is 0 Å². The molecule has 2 aromatic rings. The van der Waals surface area contributed by atoms with Crippen molar-refractivity contribution in [3.8, 4) is 0 Å². The molecule has 0 radical (unpaired) electrons. The van der Waals surface area contributed by atoms with Gasteiger partial charge in [-0.3, -0.25) is 4.79 Å². The number of rotatable bonds is 5. The van der Waals surface area contributed by atoms with E-state index < -0.39 is 0 Å². The van der Waals surface area contributed by atoms with Gasteiger partial charge in [-0.15, -0.1) is 0 Å². The van der Waals surface area contributed by atoms with Crippen LogP contribution in [0, 0.1) is 5.82 Å². The third kappa shape index (κ3) is 4.92. The zero-order chi connectivity index (χ0) is 15.2. The molecule has 0 unspecified atom stereocenters. The summed E-state index contributed by atoms with van der Waals surface area (Å²) >= 11 is 11.8. The lowest BCUT2D eigenvalue weighted by Gasteiger charge is -2.09. The smallest absolute Gasteiger partial charge is 0.226 e. The lowest BCUT2D eigenvalue weighted by Crippen LogP contribution is -2.16. The Morgan fingerprint density at radius 2 is 1.81 bits per heavy atom. The summed E-state index contributed by atoms with van der Waals surface area (Å²) in [4.78, 5) is 11.8. The SMILES string of the molecule is O=C(CCNc1ccc(F)cc1)Nc1ccc(Cl)cc1Cl. The highest BCUT2D eigenvalue weighted by atomic mass is 35.5. The second-order valence-corrected chi connectivity index (χ2v) is 5.20. The largest absolute Gasteiger partial charge is 0.385 e. The first-order valence-corrected chi connectivity index (χ1v) is 7.04. The summed E-state index contributed by atoms with van der Waals surface area (Å²) in [6.07, 6.45) is 0.260. The van der Waals surface area contributed by atoms with Gasteiger partial charge in [-0.25, -0.2) is 4.39 Å². The molecule has 0 saturated heterocycles. The minimum absolute atomic E-state index is 0.172. The summed E-state index contributed by atoms with van der Waals surface area (Å²) in [5.41, 5.74) is 1.28. The van der Waals surface area contributed by atoms with Crippen LogP contribution in [-0.4, -0.2) is 12.5 Å². The highest BCUT2D eigenvalue weighted by Crippen LogP contribution is 2.25. The van der Waals surface area contributed by atoms with Gasteiger partial charge in [0.2, 0.25) is 5.91 Å². The molecule has 0 atom stereocenters. The van der Waals surface area contributed by atoms with Crippen molar-refractivity contribution in [3.05, 3.63) is 58.3 Å². The van der Waals surface area contributed by atoms with Crippen molar-refractivity contribution in [2.24, 2.45) is 0 Å². The second kappa shape index (κ2) is 7.29. The molecule has 0 aliphatic carbocycles. The van der Waals surface area contributed by atoms with Crippen molar-refractivity contribution < 1.29 is 9.18 Å². The molecule has 0 bridgehead atoms. The van der Waals surface area contributed by atoms with E-state index in [4.69, 9.17) is 23.2 Å². The number of amides is 1. The fourth-order valence-corrected chi connectivity index (χ4v) is 2.15. The summed E-state index contributed by atoms with van der Waals surface area (Å²) in [5, 5.41) is 6.64. The number of nitrogens with one attached hydrogen (secondary N) is 2. The van der Waals surface area contributed by atoms with Crippen LogP contribution >= 0.6 is 23.2 Å². The van der Waals surface area contributed by atoms with Gasteiger partial charge in [0.25, 0.3) is 0 Å². The maximum Gasteiger partial charge on any atom is 0.226 e. The Hall–Kier alpha value is -1.78. The van der Waals surface area contributed by atoms with Crippen molar-refractivity contribution in [2.75, 3.05) is 17.2 Å². The molecule has 0 aromatic heterocycles. The summed E-state index contributed by atoms with van der Waals surface area (Å²) in [5.74, 6) is -0.468. The molecular weight excluding hydrogens is 314 g/mol. The van der Waals surface area contributed by atoms with Crippen LogP contribution < -0.4 is 10.6 Å². The molecule has 2 aromatic carbocycles. The third-order valence-electron chi connectivity index (χ3n) is 2.73. The Morgan fingerprint density at radius 1 is 1.10 bits per heavy atom. The molecule has 0 aliphatic rings. The van der Waals surface area contributed by atoms with Gasteiger partial charge >= 0.3 is 0 Å². The normalized spacial score (nSPS) is 10.2. The summed E-state index contributed by atoms with van der Waals surface area (Å²) in [6.45, 7) is 0.433. The fourth-order valence-electron chi connectivity index (χ4n) is 1.69. The molecule has 0 spiro atoms. The van der Waals surface area contributed by atoms with E-state index >= 15 is 0 Å². The van der Waals surface area contributed by atoms with Crippen LogP contribution in [0.15, 0.2) is 42.5 Å². The molecule has 0 heterocycles. The van der Waals surface area contributed by atoms with E-state index in [0.29, 0.717) is 22.3 Å². The van der Waals surface area contributed by atoms with Gasteiger partial charge in [0.1, 0.15) is 5.82 Å². The number of halogens is 3. The van der Waals surface area contributed by atoms with Gasteiger partial charge in [0, 0.05) is 23.7 Å². The van der Waals surface area contributed by atoms with E-state index in [1.165, 1.54) is 12.1 Å². The van der Waals surface area contributed by atoms with Gasteiger partial charge in [0.05, 0.1) is 10.7 Å². The van der Waals surface area contributed by atoms with Gasteiger partial charge in [-0.2, -0.15) is 0 Å². The maximum atomic E-state index is 12.7. The molecule has 1 amide bonds. The monoisotopic (exact) mass is 326 g/mol. The molecule has 0 fully saturated rings. The quantitative estimate of drug-likeness (QED) is 0.844. The van der Waals surface area contributed by atoms with Crippen LogP contribution in [0.25, 0.3) is 0 Å². The first kappa shape index (κ1) is 15.6. The van der Waals surface area contributed by atoms with Crippen molar-refractivity contribution >= 4 is 40.5 Å². The molecular formula is C15H13Cl2FN2O. The predicted octanol–water partition coefficient (Wildman–Crippen LogP) is 4.57. The van der Waals surface area contributed by atoms with E-state index in [-0.39, 0.29) is 18.1 Å². The van der Waals surface area contributed by atoms with E-state index in [0.717, 1.165) is 5.69 Å². The number of carbonyl (C=O) groups is 1. The fraction of sp³-hybridized carbons (Fsp3) is 0.133. The van der Waals surface area contributed by atoms with Gasteiger partial charge in [-0.05, 0) is 42.5 Å². The topological polar surface area (TPSA) is 41.1 Å². The molecule has 0 aliphatic heterocycles. The second-order valence-electron chi connectivity index (χ2n) is 4.36. The lowest BCUT2D eigenvalue weighted by atomic mass is 10.3. The molecule has 110 valence electrons. The average Bonchev–Trinajstić information content (AvgIpc) is 2.44. The zero-order valence-corrected chi connectivity index (χ0v) is 12.5. The number of benzene rings is 2. The summed E-state index contributed by atoms with van der Waals surface area (Å²) in [7, 11) is 0. The first-order chi connectivity index (χ1) is 10.0. The summed E-state index contributed by atoms with van der Waals surface area (Å²) < 4.78 is 12.7. The average molecular weight is 327 g/mol. The molecule has 2 rings (SSSR count). The Labute approximate surface area is 132 Å². The minimum atomic E-state index is -0.296. The molecule has 0 saturated carbocycles. The van der Waals surface area contributed by atoms with Crippen LogP contribution in [0.5, 0.6) is 0 Å². The number of hydrogen-bond donors (Lipinski definition) is 2. The molecule has 6 heteroatoms. The van der Waals surface area contributed by atoms with Crippen LogP contribution in [-0.2, 0) is 4.79 Å². The molecule has 2 N–H and O–H groups in total. The highest BCUT2D eigenvalue weighted by Gasteiger charge is 2.06. The standard InChI is InChI=1S/C15H13Cl2FN2O/c16-10-1-6-14(13(17)9-10)20-15(21)7-8-19-12-4-2-11(18)3-5-12/h1-6,9,19H,7-8H2,(H,20,21). The lowest BCUT2D eigenvalue weighted by molar-refractivity contribution is -0.115. The Bertz CT molecular complexity index is 632. The number of carbonyl (C=O) groups excluding carboxylic acids is 1. The Balaban J connectivity index is 1.81. The number of hydrogen-bond acceptors (Lipinski definition) is 2. The van der Waals surface area contributed by atoms with E-state index in [2.05, 4.69) is 10.6 Å². The van der Waals surface area contributed by atoms with Gasteiger partial charge in [0.15, 0.2) is 0 Å². The zero-order valence-electron chi connectivity index (χ0n) is 11.0. The van der Waals surface area contributed by atoms with Crippen molar-refractivity contribution in [3.63, 3.8) is 0 Å². The maximum absolute atomic E-state index is 12.7. The Morgan fingerprint density at radius 3 is 2.48 bits per heavy atom. The van der Waals surface area contributed by atoms with E-state index in [9.17, 15) is 9.18 Å². The first-order valence-electron chi connectivity index (χ1n) is 6.29.